The quantitative estimate of drug-likeness (QED) is 0.345. The minimum Gasteiger partial charge on any atom is -0.421 e. The lowest BCUT2D eigenvalue weighted by molar-refractivity contribution is -0.677. The second-order valence-electron chi connectivity index (χ2n) is 6.53. The van der Waals surface area contributed by atoms with Crippen LogP contribution in [-0.2, 0) is 38.1 Å². The molecule has 0 N–H and O–H groups in total. The highest BCUT2D eigenvalue weighted by Crippen LogP contribution is 2.36. The van der Waals surface area contributed by atoms with Crippen molar-refractivity contribution in [3.8, 4) is 0 Å². The number of aryl methyl sites for hydroxylation is 1. The Hall–Kier alpha value is -1.17. The molecule has 172 valence electrons. The van der Waals surface area contributed by atoms with Gasteiger partial charge in [0.1, 0.15) is 18.9 Å². The molecular formula is C12H21F6N3O5S2Si. The summed E-state index contributed by atoms with van der Waals surface area (Å²) in [5, 5.41) is 0. The molecule has 1 aromatic heterocycles. The maximum absolute atomic E-state index is 11.4. The Balaban J connectivity index is 0.000000541. The molecule has 0 amide bonds. The van der Waals surface area contributed by atoms with Crippen LogP contribution < -0.4 is 4.57 Å². The van der Waals surface area contributed by atoms with E-state index in [1.54, 1.807) is 0 Å². The lowest BCUT2D eigenvalue weighted by atomic mass is 10.6. The van der Waals surface area contributed by atoms with Crippen molar-refractivity contribution in [2.75, 3.05) is 6.61 Å². The zero-order valence-electron chi connectivity index (χ0n) is 16.0. The number of alkyl halides is 6. The van der Waals surface area contributed by atoms with Crippen LogP contribution in [0.25, 0.3) is 4.13 Å². The third-order valence-electron chi connectivity index (χ3n) is 3.04. The Morgan fingerprint density at radius 1 is 1.03 bits per heavy atom. The van der Waals surface area contributed by atoms with Crippen LogP contribution >= 0.6 is 0 Å². The van der Waals surface area contributed by atoms with Crippen LogP contribution in [0.3, 0.4) is 0 Å². The number of rotatable bonds is 6. The molecule has 8 nitrogen and oxygen atoms in total. The van der Waals surface area contributed by atoms with E-state index < -0.39 is 39.4 Å². The molecule has 0 aromatic carbocycles. The van der Waals surface area contributed by atoms with Crippen molar-refractivity contribution in [2.45, 2.75) is 44.1 Å². The monoisotopic (exact) mass is 493 g/mol. The van der Waals surface area contributed by atoms with Crippen LogP contribution in [-0.4, -0.2) is 47.3 Å². The van der Waals surface area contributed by atoms with Gasteiger partial charge in [-0.3, -0.25) is 0 Å². The van der Waals surface area contributed by atoms with Gasteiger partial charge < -0.3 is 8.55 Å². The molecule has 0 radical (unpaired) electrons. The molecule has 17 heteroatoms. The lowest BCUT2D eigenvalue weighted by Gasteiger charge is -2.22. The van der Waals surface area contributed by atoms with Crippen molar-refractivity contribution in [2.24, 2.45) is 7.05 Å². The number of aromatic nitrogens is 2. The lowest BCUT2D eigenvalue weighted by Crippen LogP contribution is -2.31. The summed E-state index contributed by atoms with van der Waals surface area (Å²) in [6.45, 7) is 10.6. The Morgan fingerprint density at radius 2 is 1.45 bits per heavy atom. The van der Waals surface area contributed by atoms with Crippen LogP contribution in [0.4, 0.5) is 26.3 Å². The van der Waals surface area contributed by atoms with Crippen molar-refractivity contribution >= 4 is 28.4 Å². The minimum absolute atomic E-state index is 0.778. The van der Waals surface area contributed by atoms with Gasteiger partial charge in [0.25, 0.3) is 5.82 Å². The molecule has 0 aliphatic heterocycles. The van der Waals surface area contributed by atoms with Gasteiger partial charge in [0, 0.05) is 6.92 Å². The van der Waals surface area contributed by atoms with E-state index in [9.17, 15) is 43.2 Å². The molecule has 1 heterocycles. The number of hydrogen-bond donors (Lipinski definition) is 0. The number of halogens is 6. The first kappa shape index (κ1) is 27.8. The van der Waals surface area contributed by atoms with Crippen LogP contribution in [0.1, 0.15) is 5.82 Å². The summed E-state index contributed by atoms with van der Waals surface area (Å²) in [7, 11) is -12.7. The first-order valence-corrected chi connectivity index (χ1v) is 13.9. The molecular weight excluding hydrogens is 472 g/mol. The summed E-state index contributed by atoms with van der Waals surface area (Å²) in [6, 6.07) is 0. The molecule has 29 heavy (non-hydrogen) atoms. The number of imidazole rings is 1. The van der Waals surface area contributed by atoms with Crippen LogP contribution in [0.15, 0.2) is 12.4 Å². The number of hydrogen-bond acceptors (Lipinski definition) is 5. The van der Waals surface area contributed by atoms with Gasteiger partial charge in [-0.05, 0) is 19.6 Å². The van der Waals surface area contributed by atoms with E-state index in [1.165, 1.54) is 5.82 Å². The molecule has 1 aromatic rings. The van der Waals surface area contributed by atoms with Gasteiger partial charge in [-0.25, -0.2) is 26.0 Å². The first-order valence-electron chi connectivity index (χ1n) is 7.63. The zero-order valence-corrected chi connectivity index (χ0v) is 18.7. The van der Waals surface area contributed by atoms with Gasteiger partial charge in [-0.2, -0.15) is 26.3 Å². The van der Waals surface area contributed by atoms with Gasteiger partial charge in [0.2, 0.25) is 0 Å². The maximum atomic E-state index is 11.4. The highest BCUT2D eigenvalue weighted by molar-refractivity contribution is 8.13. The fourth-order valence-electron chi connectivity index (χ4n) is 1.50. The summed E-state index contributed by atoms with van der Waals surface area (Å²) in [4.78, 5) is 0. The van der Waals surface area contributed by atoms with E-state index >= 15 is 0 Å². The average molecular weight is 494 g/mol. The number of sulfonamides is 2. The SMILES string of the molecule is Cc1n(CCO[Si](C)(C)C)cc[n+]1C.O=S(=O)([N-]S(=O)(=O)C(F)(F)F)C(F)(F)F. The van der Waals surface area contributed by atoms with Crippen LogP contribution in [0.5, 0.6) is 0 Å². The van der Waals surface area contributed by atoms with Gasteiger partial charge in [-0.1, -0.05) is 0 Å². The fraction of sp³-hybridized carbons (Fsp3) is 0.750. The number of nitrogens with zero attached hydrogens (tertiary/aromatic N) is 3. The highest BCUT2D eigenvalue weighted by Gasteiger charge is 2.46. The van der Waals surface area contributed by atoms with E-state index in [1.807, 2.05) is 0 Å². The molecule has 0 bridgehead atoms. The van der Waals surface area contributed by atoms with E-state index in [-0.39, 0.29) is 0 Å². The van der Waals surface area contributed by atoms with Gasteiger partial charge in [-0.15, -0.1) is 0 Å². The minimum atomic E-state index is -6.72. The van der Waals surface area contributed by atoms with Crippen LogP contribution in [0.2, 0.25) is 19.6 Å². The van der Waals surface area contributed by atoms with E-state index in [2.05, 4.69) is 55.1 Å². The summed E-state index contributed by atoms with van der Waals surface area (Å²) in [5.41, 5.74) is -12.4. The Bertz CT molecular complexity index is 847. The topological polar surface area (TPSA) is 100 Å². The van der Waals surface area contributed by atoms with Crippen molar-refractivity contribution in [1.29, 1.82) is 0 Å². The molecule has 0 unspecified atom stereocenters. The molecule has 0 fully saturated rings. The summed E-state index contributed by atoms with van der Waals surface area (Å²) < 4.78 is 119. The normalized spacial score (nSPS) is 13.8. The van der Waals surface area contributed by atoms with E-state index in [0.29, 0.717) is 0 Å². The Morgan fingerprint density at radius 3 is 1.72 bits per heavy atom. The maximum Gasteiger partial charge on any atom is 0.480 e. The largest absolute Gasteiger partial charge is 0.480 e. The summed E-state index contributed by atoms with van der Waals surface area (Å²) in [5.74, 6) is 1.27. The Kier molecular flexibility index (Phi) is 8.94. The van der Waals surface area contributed by atoms with E-state index in [4.69, 9.17) is 4.43 Å². The van der Waals surface area contributed by atoms with E-state index in [0.717, 1.165) is 17.3 Å². The zero-order chi connectivity index (χ0) is 23.5. The molecule has 1 rings (SSSR count). The molecule has 0 spiro atoms. The highest BCUT2D eigenvalue weighted by atomic mass is 32.3. The average Bonchev–Trinajstić information content (AvgIpc) is 2.75. The van der Waals surface area contributed by atoms with Crippen molar-refractivity contribution in [3.05, 3.63) is 22.3 Å². The van der Waals surface area contributed by atoms with Gasteiger partial charge in [0.15, 0.2) is 28.4 Å². The second-order valence-corrected chi connectivity index (χ2v) is 14.5. The molecule has 0 saturated heterocycles. The van der Waals surface area contributed by atoms with Crippen molar-refractivity contribution in [3.63, 3.8) is 0 Å². The predicted molar refractivity (Wildman–Crippen MR) is 93.0 cm³/mol. The van der Waals surface area contributed by atoms with Gasteiger partial charge in [0.05, 0.1) is 13.7 Å². The first-order chi connectivity index (χ1) is 12.6. The standard InChI is InChI=1S/C10H21N2OSi.C2F6NO4S2/c1-10-11(2)6-7-12(10)8-9-13-14(3,4)5;3-1(4,5)14(10,11)9-15(12,13)2(6,7)8/h6-7H,8-9H2,1-5H3;/q+1;-1. The van der Waals surface area contributed by atoms with Crippen LogP contribution in [0, 0.1) is 6.92 Å². The molecule has 0 atom stereocenters. The fourth-order valence-corrected chi connectivity index (χ4v) is 3.91. The van der Waals surface area contributed by atoms with Crippen molar-refractivity contribution in [1.82, 2.24) is 4.57 Å². The summed E-state index contributed by atoms with van der Waals surface area (Å²) >= 11 is 0. The predicted octanol–water partition coefficient (Wildman–Crippen LogP) is 2.53. The Labute approximate surface area is 165 Å². The van der Waals surface area contributed by atoms with Gasteiger partial charge >= 0.3 is 11.0 Å². The molecule has 0 aliphatic rings. The van der Waals surface area contributed by atoms with Crippen molar-refractivity contribution < 1.29 is 52.2 Å². The molecule has 0 aliphatic carbocycles. The smallest absolute Gasteiger partial charge is 0.421 e. The third-order valence-corrected chi connectivity index (χ3v) is 6.85. The molecule has 0 saturated carbocycles. The summed E-state index contributed by atoms with van der Waals surface area (Å²) in [6.07, 6.45) is 4.17. The second kappa shape index (κ2) is 9.32. The third kappa shape index (κ3) is 9.02.